The number of ketones is 2. The van der Waals surface area contributed by atoms with Crippen LogP contribution >= 0.6 is 0 Å². The first-order valence-corrected chi connectivity index (χ1v) is 10.5. The molecule has 4 saturated carbocycles. The predicted octanol–water partition coefficient (Wildman–Crippen LogP) is 4.18. The van der Waals surface area contributed by atoms with E-state index in [-0.39, 0.29) is 16.9 Å². The van der Waals surface area contributed by atoms with Gasteiger partial charge in [0.25, 0.3) is 0 Å². The Bertz CT molecular complexity index is 635. The molecule has 25 heavy (non-hydrogen) atoms. The monoisotopic (exact) mass is 344 g/mol. The van der Waals surface area contributed by atoms with Gasteiger partial charge in [-0.1, -0.05) is 13.8 Å². The lowest BCUT2D eigenvalue weighted by Crippen LogP contribution is -2.57. The molecular weight excluding hydrogens is 312 g/mol. The van der Waals surface area contributed by atoms with Gasteiger partial charge in [-0.25, -0.2) is 0 Å². The number of epoxide rings is 1. The maximum Gasteiger partial charge on any atom is 0.137 e. The molecule has 3 nitrogen and oxygen atoms in total. The van der Waals surface area contributed by atoms with Crippen molar-refractivity contribution in [3.8, 4) is 0 Å². The lowest BCUT2D eigenvalue weighted by molar-refractivity contribution is -0.159. The van der Waals surface area contributed by atoms with Crippen LogP contribution in [0, 0.1) is 40.4 Å². The summed E-state index contributed by atoms with van der Waals surface area (Å²) in [7, 11) is 0. The molecule has 3 heteroatoms. The third-order valence-corrected chi connectivity index (χ3v) is 9.62. The minimum Gasteiger partial charge on any atom is -0.370 e. The van der Waals surface area contributed by atoms with Crippen LogP contribution in [0.25, 0.3) is 0 Å². The molecule has 5 rings (SSSR count). The summed E-state index contributed by atoms with van der Waals surface area (Å²) >= 11 is 0. The molecule has 0 aromatic heterocycles. The summed E-state index contributed by atoms with van der Waals surface area (Å²) in [6.07, 6.45) is 7.97. The highest BCUT2D eigenvalue weighted by atomic mass is 16.6. The average molecular weight is 344 g/mol. The lowest BCUT2D eigenvalue weighted by Gasteiger charge is -2.59. The quantitative estimate of drug-likeness (QED) is 0.670. The molecule has 1 saturated heterocycles. The topological polar surface area (TPSA) is 46.7 Å². The summed E-state index contributed by atoms with van der Waals surface area (Å²) in [6, 6.07) is 0. The molecule has 4 unspecified atom stereocenters. The molecule has 8 atom stereocenters. The van der Waals surface area contributed by atoms with E-state index >= 15 is 0 Å². The van der Waals surface area contributed by atoms with Gasteiger partial charge in [-0.15, -0.1) is 0 Å². The van der Waals surface area contributed by atoms with Crippen molar-refractivity contribution in [3.05, 3.63) is 0 Å². The first-order chi connectivity index (χ1) is 11.8. The Balaban J connectivity index is 1.48. The van der Waals surface area contributed by atoms with E-state index in [2.05, 4.69) is 20.8 Å². The van der Waals surface area contributed by atoms with Gasteiger partial charge in [0.1, 0.15) is 11.6 Å². The third-order valence-electron chi connectivity index (χ3n) is 9.62. The zero-order chi connectivity index (χ0) is 17.6. The largest absolute Gasteiger partial charge is 0.370 e. The maximum absolute atomic E-state index is 13.0. The minimum atomic E-state index is 0.0147. The Labute approximate surface area is 151 Å². The van der Waals surface area contributed by atoms with Gasteiger partial charge in [0.15, 0.2) is 0 Å². The fourth-order valence-corrected chi connectivity index (χ4v) is 8.15. The number of fused-ring (bicyclic) bond motifs is 5. The molecule has 0 aromatic carbocycles. The maximum atomic E-state index is 13.0. The van der Waals surface area contributed by atoms with E-state index < -0.39 is 0 Å². The number of carbonyl (C=O) groups excluding carboxylic acids is 2. The van der Waals surface area contributed by atoms with Gasteiger partial charge in [0.05, 0.1) is 12.2 Å². The Morgan fingerprint density at radius 3 is 2.36 bits per heavy atom. The van der Waals surface area contributed by atoms with Crippen molar-refractivity contribution in [2.24, 2.45) is 40.4 Å². The smallest absolute Gasteiger partial charge is 0.137 e. The van der Waals surface area contributed by atoms with E-state index in [4.69, 9.17) is 4.74 Å². The van der Waals surface area contributed by atoms with Gasteiger partial charge < -0.3 is 4.74 Å². The molecule has 0 N–H and O–H groups in total. The zero-order valence-electron chi connectivity index (χ0n) is 16.0. The van der Waals surface area contributed by atoms with Crippen molar-refractivity contribution in [3.63, 3.8) is 0 Å². The highest BCUT2D eigenvalue weighted by molar-refractivity contribution is 5.90. The first kappa shape index (κ1) is 16.5. The van der Waals surface area contributed by atoms with Crippen LogP contribution < -0.4 is 0 Å². The number of ether oxygens (including phenoxy) is 1. The molecule has 0 bridgehead atoms. The highest BCUT2D eigenvalue weighted by Gasteiger charge is 2.66. The molecule has 5 aliphatic rings. The fourth-order valence-electron chi connectivity index (χ4n) is 8.15. The Morgan fingerprint density at radius 2 is 1.64 bits per heavy atom. The molecule has 0 amide bonds. The Morgan fingerprint density at radius 1 is 0.920 bits per heavy atom. The van der Waals surface area contributed by atoms with E-state index in [0.29, 0.717) is 53.5 Å². The van der Waals surface area contributed by atoms with Crippen molar-refractivity contribution in [2.75, 3.05) is 6.61 Å². The summed E-state index contributed by atoms with van der Waals surface area (Å²) in [4.78, 5) is 25.0. The van der Waals surface area contributed by atoms with Crippen LogP contribution in [0.3, 0.4) is 0 Å². The van der Waals surface area contributed by atoms with Gasteiger partial charge in [0.2, 0.25) is 0 Å². The molecule has 1 aliphatic heterocycles. The van der Waals surface area contributed by atoms with Crippen molar-refractivity contribution >= 4 is 11.6 Å². The molecule has 0 spiro atoms. The molecule has 5 fully saturated rings. The van der Waals surface area contributed by atoms with Gasteiger partial charge >= 0.3 is 0 Å². The predicted molar refractivity (Wildman–Crippen MR) is 95.0 cm³/mol. The molecule has 0 radical (unpaired) electrons. The van der Waals surface area contributed by atoms with Crippen molar-refractivity contribution in [1.29, 1.82) is 0 Å². The van der Waals surface area contributed by atoms with Crippen LogP contribution in [0.15, 0.2) is 0 Å². The van der Waals surface area contributed by atoms with E-state index in [1.165, 1.54) is 25.7 Å². The van der Waals surface area contributed by atoms with Crippen LogP contribution in [-0.2, 0) is 14.3 Å². The lowest BCUT2D eigenvalue weighted by atomic mass is 9.44. The van der Waals surface area contributed by atoms with Gasteiger partial charge in [0, 0.05) is 25.2 Å². The van der Waals surface area contributed by atoms with Crippen LogP contribution in [-0.4, -0.2) is 23.8 Å². The van der Waals surface area contributed by atoms with E-state index in [0.717, 1.165) is 19.4 Å². The summed E-state index contributed by atoms with van der Waals surface area (Å²) in [6.45, 7) is 8.07. The summed E-state index contributed by atoms with van der Waals surface area (Å²) in [5.41, 5.74) is 0.534. The molecule has 4 aliphatic carbocycles. The van der Waals surface area contributed by atoms with E-state index in [9.17, 15) is 9.59 Å². The molecular formula is C22H32O3. The first-order valence-electron chi connectivity index (χ1n) is 10.5. The fraction of sp³-hybridized carbons (Fsp3) is 0.909. The van der Waals surface area contributed by atoms with Crippen LogP contribution in [0.4, 0.5) is 0 Å². The molecule has 138 valence electrons. The second-order valence-electron chi connectivity index (χ2n) is 10.6. The van der Waals surface area contributed by atoms with Crippen molar-refractivity contribution in [1.82, 2.24) is 0 Å². The number of carbonyl (C=O) groups is 2. The molecule has 1 heterocycles. The number of Topliss-reactive ketones (excluding diaryl/α,β-unsaturated/α-hetero) is 2. The van der Waals surface area contributed by atoms with Crippen LogP contribution in [0.5, 0.6) is 0 Å². The Hall–Kier alpha value is -0.700. The van der Waals surface area contributed by atoms with Crippen molar-refractivity contribution < 1.29 is 14.3 Å². The second kappa shape index (κ2) is 4.97. The van der Waals surface area contributed by atoms with Gasteiger partial charge in [-0.05, 0) is 73.5 Å². The standard InChI is InChI=1S/C22H32O3/c1-20-8-6-13(23)10-17(20)18(24)11-14-15-4-5-19(22(3)12-25-22)21(15,2)9-7-16(14)20/h14-17,19H,4-12H2,1-3H3/t14?,15?,16?,17-,19-,20+,21-,22?/m0/s1. The van der Waals surface area contributed by atoms with Gasteiger partial charge in [-0.3, -0.25) is 9.59 Å². The highest BCUT2D eigenvalue weighted by Crippen LogP contribution is 2.69. The summed E-state index contributed by atoms with van der Waals surface area (Å²) in [5, 5.41) is 0. The zero-order valence-corrected chi connectivity index (χ0v) is 16.0. The van der Waals surface area contributed by atoms with E-state index in [1.807, 2.05) is 0 Å². The molecule has 0 aromatic rings. The van der Waals surface area contributed by atoms with E-state index in [1.54, 1.807) is 0 Å². The normalized spacial score (nSPS) is 57.6. The summed E-state index contributed by atoms with van der Waals surface area (Å²) in [5.74, 6) is 3.27. The third kappa shape index (κ3) is 2.08. The van der Waals surface area contributed by atoms with Crippen molar-refractivity contribution in [2.45, 2.75) is 77.7 Å². The average Bonchev–Trinajstić information content (AvgIpc) is 3.18. The Kier molecular flexibility index (Phi) is 3.27. The summed E-state index contributed by atoms with van der Waals surface area (Å²) < 4.78 is 5.86. The SMILES string of the molecule is CC1([C@H]2CCC3C4CC(=O)[C@@H]5CC(=O)CC[C@]5(C)C4CC[C@@]32C)CO1. The van der Waals surface area contributed by atoms with Crippen LogP contribution in [0.1, 0.15) is 72.1 Å². The number of rotatable bonds is 1. The second-order valence-corrected chi connectivity index (χ2v) is 10.6. The minimum absolute atomic E-state index is 0.0147. The van der Waals surface area contributed by atoms with Crippen LogP contribution in [0.2, 0.25) is 0 Å². The number of hydrogen-bond acceptors (Lipinski definition) is 3. The number of hydrogen-bond donors (Lipinski definition) is 0. The van der Waals surface area contributed by atoms with Gasteiger partial charge in [-0.2, -0.15) is 0 Å².